The van der Waals surface area contributed by atoms with Gasteiger partial charge in [-0.3, -0.25) is 9.59 Å². The molecule has 4 heteroatoms. The standard InChI is InChI=1S/C11H15NO3/c1-8-6-9(4-3-5-10(13)14)7-12(2)11(8)15/h6-7H,3-5H2,1-2H3,(H,13,14). The van der Waals surface area contributed by atoms with Crippen LogP contribution in [0, 0.1) is 6.92 Å². The van der Waals surface area contributed by atoms with Crippen LogP contribution in [0.2, 0.25) is 0 Å². The lowest BCUT2D eigenvalue weighted by molar-refractivity contribution is -0.137. The van der Waals surface area contributed by atoms with Crippen molar-refractivity contribution < 1.29 is 9.90 Å². The molecule has 0 aromatic carbocycles. The topological polar surface area (TPSA) is 59.3 Å². The number of carboxylic acid groups (broad SMARTS) is 1. The average molecular weight is 209 g/mol. The third-order valence-corrected chi connectivity index (χ3v) is 2.28. The van der Waals surface area contributed by atoms with Crippen molar-refractivity contribution in [3.8, 4) is 0 Å². The van der Waals surface area contributed by atoms with E-state index in [0.29, 0.717) is 18.4 Å². The molecule has 0 amide bonds. The molecule has 1 heterocycles. The smallest absolute Gasteiger partial charge is 0.303 e. The van der Waals surface area contributed by atoms with Gasteiger partial charge in [0, 0.05) is 25.2 Å². The molecule has 1 aromatic rings. The van der Waals surface area contributed by atoms with Gasteiger partial charge >= 0.3 is 5.97 Å². The molecule has 0 spiro atoms. The summed E-state index contributed by atoms with van der Waals surface area (Å²) in [5, 5.41) is 8.49. The first-order valence-electron chi connectivity index (χ1n) is 4.88. The molecule has 4 nitrogen and oxygen atoms in total. The number of pyridine rings is 1. The van der Waals surface area contributed by atoms with Crippen molar-refractivity contribution in [1.29, 1.82) is 0 Å². The van der Waals surface area contributed by atoms with Gasteiger partial charge in [-0.05, 0) is 31.4 Å². The van der Waals surface area contributed by atoms with Crippen molar-refractivity contribution >= 4 is 5.97 Å². The molecule has 0 unspecified atom stereocenters. The Bertz CT molecular complexity index is 394. The lowest BCUT2D eigenvalue weighted by Gasteiger charge is -2.04. The molecule has 1 N–H and O–H groups in total. The molecule has 1 aromatic heterocycles. The Morgan fingerprint density at radius 2 is 2.20 bits per heavy atom. The van der Waals surface area contributed by atoms with Gasteiger partial charge in [0.1, 0.15) is 0 Å². The highest BCUT2D eigenvalue weighted by Crippen LogP contribution is 2.04. The van der Waals surface area contributed by atoms with E-state index in [4.69, 9.17) is 5.11 Å². The van der Waals surface area contributed by atoms with E-state index < -0.39 is 5.97 Å². The number of carboxylic acids is 1. The van der Waals surface area contributed by atoms with E-state index in [1.807, 2.05) is 6.07 Å². The van der Waals surface area contributed by atoms with Crippen LogP contribution in [0.5, 0.6) is 0 Å². The second-order valence-electron chi connectivity index (χ2n) is 3.69. The van der Waals surface area contributed by atoms with Crippen LogP contribution in [-0.4, -0.2) is 15.6 Å². The first-order chi connectivity index (χ1) is 7.00. The number of hydrogen-bond donors (Lipinski definition) is 1. The zero-order chi connectivity index (χ0) is 11.4. The molecule has 82 valence electrons. The first kappa shape index (κ1) is 11.5. The van der Waals surface area contributed by atoms with Gasteiger partial charge < -0.3 is 9.67 Å². The largest absolute Gasteiger partial charge is 0.481 e. The fraction of sp³-hybridized carbons (Fsp3) is 0.455. The summed E-state index contributed by atoms with van der Waals surface area (Å²) in [7, 11) is 1.70. The SMILES string of the molecule is Cc1cc(CCCC(=O)O)cn(C)c1=O. The van der Waals surface area contributed by atoms with E-state index in [0.717, 1.165) is 5.56 Å². The van der Waals surface area contributed by atoms with Gasteiger partial charge in [0.25, 0.3) is 5.56 Å². The van der Waals surface area contributed by atoms with Gasteiger partial charge in [-0.15, -0.1) is 0 Å². The Kier molecular flexibility index (Phi) is 3.66. The van der Waals surface area contributed by atoms with Crippen molar-refractivity contribution in [1.82, 2.24) is 4.57 Å². The van der Waals surface area contributed by atoms with E-state index in [1.165, 1.54) is 4.57 Å². The van der Waals surface area contributed by atoms with Gasteiger partial charge in [0.05, 0.1) is 0 Å². The fourth-order valence-electron chi connectivity index (χ4n) is 1.54. The summed E-state index contributed by atoms with van der Waals surface area (Å²) in [4.78, 5) is 21.7. The number of rotatable bonds is 4. The predicted octanol–water partition coefficient (Wildman–Crippen LogP) is 1.10. The molecule has 0 aliphatic heterocycles. The van der Waals surface area contributed by atoms with E-state index in [2.05, 4.69) is 0 Å². The number of nitrogens with zero attached hydrogens (tertiary/aromatic N) is 1. The van der Waals surface area contributed by atoms with Gasteiger partial charge in [0.2, 0.25) is 0 Å². The maximum absolute atomic E-state index is 11.4. The van der Waals surface area contributed by atoms with E-state index in [9.17, 15) is 9.59 Å². The zero-order valence-corrected chi connectivity index (χ0v) is 8.99. The van der Waals surface area contributed by atoms with Gasteiger partial charge in [-0.2, -0.15) is 0 Å². The first-order valence-corrected chi connectivity index (χ1v) is 4.88. The lowest BCUT2D eigenvalue weighted by atomic mass is 10.1. The number of aliphatic carboxylic acids is 1. The number of aromatic nitrogens is 1. The van der Waals surface area contributed by atoms with Crippen LogP contribution >= 0.6 is 0 Å². The van der Waals surface area contributed by atoms with Crippen LogP contribution in [0.1, 0.15) is 24.0 Å². The maximum Gasteiger partial charge on any atom is 0.303 e. The van der Waals surface area contributed by atoms with Crippen molar-refractivity contribution in [2.24, 2.45) is 7.05 Å². The second-order valence-corrected chi connectivity index (χ2v) is 3.69. The van der Waals surface area contributed by atoms with Crippen LogP contribution in [0.15, 0.2) is 17.1 Å². The molecule has 0 radical (unpaired) electrons. The third kappa shape index (κ3) is 3.23. The van der Waals surface area contributed by atoms with Crippen LogP contribution in [0.25, 0.3) is 0 Å². The van der Waals surface area contributed by atoms with Gasteiger partial charge in [-0.25, -0.2) is 0 Å². The van der Waals surface area contributed by atoms with Crippen molar-refractivity contribution in [2.45, 2.75) is 26.2 Å². The molecule has 0 bridgehead atoms. The predicted molar refractivity (Wildman–Crippen MR) is 57.0 cm³/mol. The molecule has 15 heavy (non-hydrogen) atoms. The van der Waals surface area contributed by atoms with E-state index in [-0.39, 0.29) is 12.0 Å². The minimum absolute atomic E-state index is 0.00279. The summed E-state index contributed by atoms with van der Waals surface area (Å²) in [6.45, 7) is 1.77. The normalized spacial score (nSPS) is 10.3. The molecule has 0 saturated heterocycles. The molecule has 0 aliphatic rings. The maximum atomic E-state index is 11.4. The van der Waals surface area contributed by atoms with Crippen LogP contribution in [0.3, 0.4) is 0 Å². The number of carbonyl (C=O) groups is 1. The molecule has 0 saturated carbocycles. The summed E-state index contributed by atoms with van der Waals surface area (Å²) >= 11 is 0. The quantitative estimate of drug-likeness (QED) is 0.807. The van der Waals surface area contributed by atoms with Gasteiger partial charge in [-0.1, -0.05) is 0 Å². The summed E-state index contributed by atoms with van der Waals surface area (Å²) in [6.07, 6.45) is 3.23. The Morgan fingerprint density at radius 3 is 2.73 bits per heavy atom. The monoisotopic (exact) mass is 209 g/mol. The molecule has 0 atom stereocenters. The highest BCUT2D eigenvalue weighted by molar-refractivity contribution is 5.66. The minimum atomic E-state index is -0.781. The number of aryl methyl sites for hydroxylation is 3. The summed E-state index contributed by atoms with van der Waals surface area (Å²) in [5.74, 6) is -0.781. The highest BCUT2D eigenvalue weighted by atomic mass is 16.4. The molecule has 0 aliphatic carbocycles. The summed E-state index contributed by atoms with van der Waals surface area (Å²) in [5.41, 5.74) is 1.71. The zero-order valence-electron chi connectivity index (χ0n) is 8.99. The minimum Gasteiger partial charge on any atom is -0.481 e. The molecular formula is C11H15NO3. The lowest BCUT2D eigenvalue weighted by Crippen LogP contribution is -2.19. The Labute approximate surface area is 88.2 Å². The van der Waals surface area contributed by atoms with Crippen molar-refractivity contribution in [3.05, 3.63) is 33.7 Å². The highest BCUT2D eigenvalue weighted by Gasteiger charge is 2.02. The van der Waals surface area contributed by atoms with Gasteiger partial charge in [0.15, 0.2) is 0 Å². The summed E-state index contributed by atoms with van der Waals surface area (Å²) < 4.78 is 1.53. The van der Waals surface area contributed by atoms with E-state index >= 15 is 0 Å². The molecule has 0 fully saturated rings. The third-order valence-electron chi connectivity index (χ3n) is 2.28. The van der Waals surface area contributed by atoms with Crippen LogP contribution in [0.4, 0.5) is 0 Å². The molecular weight excluding hydrogens is 194 g/mol. The van der Waals surface area contributed by atoms with E-state index in [1.54, 1.807) is 20.2 Å². The van der Waals surface area contributed by atoms with Crippen molar-refractivity contribution in [3.63, 3.8) is 0 Å². The van der Waals surface area contributed by atoms with Crippen molar-refractivity contribution in [2.75, 3.05) is 0 Å². The Balaban J connectivity index is 2.71. The fourth-order valence-corrected chi connectivity index (χ4v) is 1.54. The average Bonchev–Trinajstić information content (AvgIpc) is 2.13. The second kappa shape index (κ2) is 4.77. The van der Waals surface area contributed by atoms with Crippen LogP contribution in [-0.2, 0) is 18.3 Å². The Hall–Kier alpha value is -1.58. The summed E-state index contributed by atoms with van der Waals surface area (Å²) in [6, 6.07) is 1.82. The van der Waals surface area contributed by atoms with Crippen LogP contribution < -0.4 is 5.56 Å². The Morgan fingerprint density at radius 1 is 1.53 bits per heavy atom. The molecule has 1 rings (SSSR count). The number of hydrogen-bond acceptors (Lipinski definition) is 2.